The van der Waals surface area contributed by atoms with Gasteiger partial charge in [-0.2, -0.15) is 0 Å². The number of nitrogens with zero attached hydrogens (tertiary/aromatic N) is 1. The summed E-state index contributed by atoms with van der Waals surface area (Å²) >= 11 is 0. The molecule has 6 heteroatoms. The van der Waals surface area contributed by atoms with Crippen molar-refractivity contribution in [2.24, 2.45) is 0 Å². The molecule has 0 bridgehead atoms. The maximum atomic E-state index is 13.0. The fourth-order valence-electron chi connectivity index (χ4n) is 5.13. The van der Waals surface area contributed by atoms with E-state index in [1.807, 2.05) is 66.7 Å². The molecule has 5 aromatic rings. The Balaban J connectivity index is 1.35. The molecule has 0 radical (unpaired) electrons. The number of rotatable bonds is 8. The van der Waals surface area contributed by atoms with Crippen LogP contribution in [-0.2, 0) is 23.9 Å². The topological polar surface area (TPSA) is 68.2 Å². The molecule has 5 nitrogen and oxygen atoms in total. The van der Waals surface area contributed by atoms with Crippen LogP contribution in [0.1, 0.15) is 50.0 Å². The minimum absolute atomic E-state index is 0.0565. The zero-order chi connectivity index (χ0) is 28.4. The second-order valence-corrected chi connectivity index (χ2v) is 11.5. The smallest absolute Gasteiger partial charge is 0.251 e. The van der Waals surface area contributed by atoms with Crippen LogP contribution in [0.15, 0.2) is 95.9 Å². The molecule has 0 spiro atoms. The van der Waals surface area contributed by atoms with E-state index in [4.69, 9.17) is 0 Å². The fraction of sp³-hybridized carbons (Fsp3) is 0.176. The third-order valence-electron chi connectivity index (χ3n) is 7.50. The van der Waals surface area contributed by atoms with E-state index in [1.165, 1.54) is 0 Å². The summed E-state index contributed by atoms with van der Waals surface area (Å²) in [6.07, 6.45) is 1.65. The van der Waals surface area contributed by atoms with Gasteiger partial charge in [0.15, 0.2) is 5.78 Å². The average molecular weight is 549 g/mol. The van der Waals surface area contributed by atoms with Gasteiger partial charge in [-0.05, 0) is 78.9 Å². The van der Waals surface area contributed by atoms with Gasteiger partial charge in [-0.3, -0.25) is 13.8 Å². The first-order chi connectivity index (χ1) is 19.2. The number of aromatic nitrogens is 1. The van der Waals surface area contributed by atoms with E-state index in [0.717, 1.165) is 54.9 Å². The molecule has 40 heavy (non-hydrogen) atoms. The first-order valence-corrected chi connectivity index (χ1v) is 14.8. The fourth-order valence-corrected chi connectivity index (χ4v) is 5.72. The molecule has 0 aliphatic rings. The summed E-state index contributed by atoms with van der Waals surface area (Å²) in [5.74, 6) is -0.0859. The number of hydrogen-bond acceptors (Lipinski definition) is 3. The van der Waals surface area contributed by atoms with Crippen molar-refractivity contribution in [2.45, 2.75) is 38.8 Å². The number of carbonyl (C=O) groups excluding carboxylic acids is 2. The molecule has 1 heterocycles. The number of nitrogens with one attached hydrogen (secondary N) is 1. The molecule has 0 saturated carbocycles. The van der Waals surface area contributed by atoms with E-state index in [9.17, 15) is 13.8 Å². The van der Waals surface area contributed by atoms with Crippen molar-refractivity contribution in [1.82, 2.24) is 9.88 Å². The van der Waals surface area contributed by atoms with Crippen LogP contribution in [0, 0.1) is 13.8 Å². The lowest BCUT2D eigenvalue weighted by atomic mass is 9.97. The number of hydrogen-bond donors (Lipinski definition) is 1. The van der Waals surface area contributed by atoms with Crippen LogP contribution in [0.25, 0.3) is 22.0 Å². The Morgan fingerprint density at radius 2 is 1.60 bits per heavy atom. The van der Waals surface area contributed by atoms with E-state index in [-0.39, 0.29) is 11.7 Å². The molecule has 1 atom stereocenters. The number of carbonyl (C=O) groups is 2. The van der Waals surface area contributed by atoms with Crippen molar-refractivity contribution in [2.75, 3.05) is 6.26 Å². The minimum Gasteiger partial charge on any atom is -0.348 e. The summed E-state index contributed by atoms with van der Waals surface area (Å²) in [6.45, 7) is 6.87. The summed E-state index contributed by atoms with van der Waals surface area (Å²) in [5, 5.41) is 4.05. The lowest BCUT2D eigenvalue weighted by Crippen LogP contribution is -2.22. The van der Waals surface area contributed by atoms with Crippen LogP contribution >= 0.6 is 0 Å². The van der Waals surface area contributed by atoms with Crippen LogP contribution in [0.5, 0.6) is 0 Å². The Kier molecular flexibility index (Phi) is 7.81. The molecule has 0 saturated heterocycles. The Hall–Kier alpha value is -4.29. The van der Waals surface area contributed by atoms with Gasteiger partial charge in [-0.15, -0.1) is 0 Å². The molecule has 1 unspecified atom stereocenters. The number of benzene rings is 4. The lowest BCUT2D eigenvalue weighted by molar-refractivity contribution is 0.0950. The van der Waals surface area contributed by atoms with Crippen LogP contribution in [0.4, 0.5) is 0 Å². The van der Waals surface area contributed by atoms with Gasteiger partial charge >= 0.3 is 0 Å². The summed E-state index contributed by atoms with van der Waals surface area (Å²) in [4.78, 5) is 25.8. The SMILES string of the molecule is CC(=O)c1ccccc1-c1ccc(Cn2c(C)c(C)c3cc(C(=O)NCc4cccc(S(C)=O)c4)ccc32)cc1. The van der Waals surface area contributed by atoms with Crippen LogP contribution in [0.3, 0.4) is 0 Å². The van der Waals surface area contributed by atoms with E-state index in [0.29, 0.717) is 18.7 Å². The first-order valence-electron chi connectivity index (χ1n) is 13.2. The van der Waals surface area contributed by atoms with Crippen LogP contribution in [0.2, 0.25) is 0 Å². The highest BCUT2D eigenvalue weighted by molar-refractivity contribution is 7.84. The van der Waals surface area contributed by atoms with Gasteiger partial charge in [0.25, 0.3) is 5.91 Å². The summed E-state index contributed by atoms with van der Waals surface area (Å²) < 4.78 is 14.1. The number of aryl methyl sites for hydroxylation is 1. The molecule has 202 valence electrons. The predicted molar refractivity (Wildman–Crippen MR) is 162 cm³/mol. The molecule has 0 aliphatic heterocycles. The minimum atomic E-state index is -1.06. The van der Waals surface area contributed by atoms with Crippen molar-refractivity contribution in [3.8, 4) is 11.1 Å². The largest absolute Gasteiger partial charge is 0.348 e. The Morgan fingerprint density at radius 1 is 0.850 bits per heavy atom. The lowest BCUT2D eigenvalue weighted by Gasteiger charge is -2.11. The van der Waals surface area contributed by atoms with Gasteiger partial charge in [0.2, 0.25) is 0 Å². The first kappa shape index (κ1) is 27.3. The van der Waals surface area contributed by atoms with Gasteiger partial charge in [0, 0.05) is 62.8 Å². The molecule has 4 aromatic carbocycles. The number of Topliss-reactive ketones (excluding diaryl/α,β-unsaturated/α-hetero) is 1. The Bertz CT molecular complexity index is 1770. The van der Waals surface area contributed by atoms with E-state index in [1.54, 1.807) is 13.2 Å². The highest BCUT2D eigenvalue weighted by atomic mass is 32.2. The normalized spacial score (nSPS) is 11.9. The highest BCUT2D eigenvalue weighted by Crippen LogP contribution is 2.29. The van der Waals surface area contributed by atoms with Crippen molar-refractivity contribution in [3.05, 3.63) is 125 Å². The summed E-state index contributed by atoms with van der Waals surface area (Å²) in [6, 6.07) is 29.4. The molecule has 1 N–H and O–H groups in total. The molecular weight excluding hydrogens is 516 g/mol. The molecule has 0 aliphatic carbocycles. The van der Waals surface area contributed by atoms with Crippen molar-refractivity contribution < 1.29 is 13.8 Å². The van der Waals surface area contributed by atoms with Crippen LogP contribution < -0.4 is 5.32 Å². The Morgan fingerprint density at radius 3 is 2.33 bits per heavy atom. The third kappa shape index (κ3) is 5.54. The second-order valence-electron chi connectivity index (χ2n) is 10.1. The van der Waals surface area contributed by atoms with Gasteiger partial charge in [-0.1, -0.05) is 60.7 Å². The predicted octanol–water partition coefficient (Wildman–Crippen LogP) is 6.84. The summed E-state index contributed by atoms with van der Waals surface area (Å²) in [7, 11) is -1.06. The van der Waals surface area contributed by atoms with Gasteiger partial charge in [0.1, 0.15) is 0 Å². The van der Waals surface area contributed by atoms with Crippen molar-refractivity contribution in [1.29, 1.82) is 0 Å². The second kappa shape index (κ2) is 11.4. The number of ketones is 1. The molecular formula is C34H32N2O3S. The quantitative estimate of drug-likeness (QED) is 0.216. The molecule has 0 fully saturated rings. The van der Waals surface area contributed by atoms with Gasteiger partial charge in [0.05, 0.1) is 0 Å². The monoisotopic (exact) mass is 548 g/mol. The summed E-state index contributed by atoms with van der Waals surface area (Å²) in [5.41, 5.74) is 8.75. The Labute approximate surface area is 237 Å². The standard InChI is InChI=1S/C34H32N2O3S/c1-22-23(2)36(21-25-12-14-27(15-13-25)31-11-6-5-10-30(31)24(3)37)33-17-16-28(19-32(22)33)34(38)35-20-26-8-7-9-29(18-26)40(4)39/h5-19H,20-21H2,1-4H3,(H,35,38). The molecule has 1 aromatic heterocycles. The van der Waals surface area contributed by atoms with Gasteiger partial charge < -0.3 is 9.88 Å². The number of amides is 1. The van der Waals surface area contributed by atoms with Crippen molar-refractivity contribution in [3.63, 3.8) is 0 Å². The molecule has 1 amide bonds. The van der Waals surface area contributed by atoms with E-state index < -0.39 is 10.8 Å². The number of fused-ring (bicyclic) bond motifs is 1. The highest BCUT2D eigenvalue weighted by Gasteiger charge is 2.15. The average Bonchev–Trinajstić information content (AvgIpc) is 3.20. The maximum Gasteiger partial charge on any atom is 0.251 e. The van der Waals surface area contributed by atoms with Gasteiger partial charge in [-0.25, -0.2) is 0 Å². The van der Waals surface area contributed by atoms with Crippen LogP contribution in [-0.4, -0.2) is 26.7 Å². The van der Waals surface area contributed by atoms with Crippen molar-refractivity contribution >= 4 is 33.4 Å². The van der Waals surface area contributed by atoms with E-state index >= 15 is 0 Å². The third-order valence-corrected chi connectivity index (χ3v) is 8.41. The maximum absolute atomic E-state index is 13.0. The molecule has 5 rings (SSSR count). The zero-order valence-electron chi connectivity index (χ0n) is 23.2. The zero-order valence-corrected chi connectivity index (χ0v) is 24.0. The van der Waals surface area contributed by atoms with E-state index in [2.05, 4.69) is 48.0 Å².